The molecule has 2 rings (SSSR count). The Morgan fingerprint density at radius 1 is 1.41 bits per heavy atom. The molecule has 0 atom stereocenters. The molecule has 17 heavy (non-hydrogen) atoms. The molecule has 0 unspecified atom stereocenters. The predicted octanol–water partition coefficient (Wildman–Crippen LogP) is 1.10. The van der Waals surface area contributed by atoms with Gasteiger partial charge in [0.25, 0.3) is 0 Å². The highest BCUT2D eigenvalue weighted by atomic mass is 16.5. The molecule has 0 aliphatic heterocycles. The number of hydrogen-bond donors (Lipinski definition) is 1. The first-order valence-corrected chi connectivity index (χ1v) is 5.48. The molecular weight excluding hydrogens is 220 g/mol. The van der Waals surface area contributed by atoms with Crippen LogP contribution in [0.25, 0.3) is 0 Å². The zero-order valence-electron chi connectivity index (χ0n) is 10.2. The van der Waals surface area contributed by atoms with Crippen LogP contribution in [0.3, 0.4) is 0 Å². The minimum atomic E-state index is 0.274. The second kappa shape index (κ2) is 4.44. The van der Waals surface area contributed by atoms with Crippen molar-refractivity contribution in [3.05, 3.63) is 12.0 Å². The molecular formula is C10H16N6O. The Morgan fingerprint density at radius 3 is 2.76 bits per heavy atom. The maximum Gasteiger partial charge on any atom is 0.342 e. The maximum atomic E-state index is 5.92. The molecule has 0 aliphatic carbocycles. The highest BCUT2D eigenvalue weighted by Crippen LogP contribution is 2.28. The second-order valence-corrected chi connectivity index (χ2v) is 3.83. The molecule has 0 amide bonds. The summed E-state index contributed by atoms with van der Waals surface area (Å²) in [7, 11) is 1.78. The quantitative estimate of drug-likeness (QED) is 0.859. The first-order valence-electron chi connectivity index (χ1n) is 5.48. The van der Waals surface area contributed by atoms with Gasteiger partial charge >= 0.3 is 6.01 Å². The number of hydrogen-bond acceptors (Lipinski definition) is 5. The van der Waals surface area contributed by atoms with Gasteiger partial charge in [-0.2, -0.15) is 10.1 Å². The first-order chi connectivity index (χ1) is 8.11. The lowest BCUT2D eigenvalue weighted by molar-refractivity contribution is 0.382. The van der Waals surface area contributed by atoms with E-state index in [2.05, 4.69) is 22.1 Å². The zero-order valence-corrected chi connectivity index (χ0v) is 10.2. The van der Waals surface area contributed by atoms with Crippen molar-refractivity contribution < 1.29 is 4.74 Å². The summed E-state index contributed by atoms with van der Waals surface area (Å²) in [5.74, 6) is 0.510. The molecule has 7 heteroatoms. The Hall–Kier alpha value is -2.05. The summed E-state index contributed by atoms with van der Waals surface area (Å²) >= 11 is 0. The van der Waals surface area contributed by atoms with Gasteiger partial charge in [0.2, 0.25) is 5.88 Å². The van der Waals surface area contributed by atoms with Crippen molar-refractivity contribution in [1.29, 1.82) is 0 Å². The van der Waals surface area contributed by atoms with E-state index < -0.39 is 0 Å². The van der Waals surface area contributed by atoms with Gasteiger partial charge in [0.05, 0.1) is 5.69 Å². The van der Waals surface area contributed by atoms with Crippen molar-refractivity contribution in [3.8, 4) is 11.9 Å². The van der Waals surface area contributed by atoms with Gasteiger partial charge in [0.1, 0.15) is 12.0 Å². The van der Waals surface area contributed by atoms with Crippen molar-refractivity contribution in [2.24, 2.45) is 7.05 Å². The third-order valence-electron chi connectivity index (χ3n) is 2.33. The fourth-order valence-electron chi connectivity index (χ4n) is 1.50. The van der Waals surface area contributed by atoms with Gasteiger partial charge in [-0.1, -0.05) is 6.92 Å². The SMILES string of the molecule is CCCn1nc(C)c(N)c1Oc1ncn(C)n1. The van der Waals surface area contributed by atoms with Gasteiger partial charge in [-0.15, -0.1) is 5.10 Å². The van der Waals surface area contributed by atoms with E-state index in [4.69, 9.17) is 10.5 Å². The zero-order chi connectivity index (χ0) is 12.4. The van der Waals surface area contributed by atoms with Crippen LogP contribution in [0.5, 0.6) is 11.9 Å². The minimum Gasteiger partial charge on any atom is -0.402 e. The number of nitrogen functional groups attached to an aromatic ring is 1. The minimum absolute atomic E-state index is 0.274. The van der Waals surface area contributed by atoms with E-state index in [0.717, 1.165) is 18.7 Å². The molecule has 2 heterocycles. The Labute approximate surface area is 99.2 Å². The Kier molecular flexibility index (Phi) is 2.99. The summed E-state index contributed by atoms with van der Waals surface area (Å²) in [6.07, 6.45) is 2.52. The molecule has 2 aromatic heterocycles. The van der Waals surface area contributed by atoms with E-state index in [1.54, 1.807) is 22.7 Å². The highest BCUT2D eigenvalue weighted by molar-refractivity contribution is 5.53. The molecule has 0 saturated heterocycles. The van der Waals surface area contributed by atoms with Gasteiger partial charge in [-0.05, 0) is 13.3 Å². The van der Waals surface area contributed by atoms with Crippen LogP contribution < -0.4 is 10.5 Å². The van der Waals surface area contributed by atoms with Crippen LogP contribution in [-0.4, -0.2) is 24.5 Å². The third-order valence-corrected chi connectivity index (χ3v) is 2.33. The number of aryl methyl sites for hydroxylation is 3. The lowest BCUT2D eigenvalue weighted by Gasteiger charge is -2.05. The Bertz CT molecular complexity index is 515. The fourth-order valence-corrected chi connectivity index (χ4v) is 1.50. The van der Waals surface area contributed by atoms with Crippen molar-refractivity contribution in [2.75, 3.05) is 5.73 Å². The molecule has 2 aromatic rings. The van der Waals surface area contributed by atoms with Crippen LogP contribution in [0, 0.1) is 6.92 Å². The van der Waals surface area contributed by atoms with E-state index in [1.165, 1.54) is 0 Å². The Balaban J connectivity index is 2.30. The van der Waals surface area contributed by atoms with E-state index in [9.17, 15) is 0 Å². The number of nitrogens with zero attached hydrogens (tertiary/aromatic N) is 5. The lowest BCUT2D eigenvalue weighted by atomic mass is 10.4. The topological polar surface area (TPSA) is 83.8 Å². The highest BCUT2D eigenvalue weighted by Gasteiger charge is 2.15. The van der Waals surface area contributed by atoms with Crippen LogP contribution >= 0.6 is 0 Å². The average molecular weight is 236 g/mol. The summed E-state index contributed by atoms with van der Waals surface area (Å²) < 4.78 is 8.87. The van der Waals surface area contributed by atoms with Crippen molar-refractivity contribution >= 4 is 5.69 Å². The van der Waals surface area contributed by atoms with Crippen molar-refractivity contribution in [3.63, 3.8) is 0 Å². The second-order valence-electron chi connectivity index (χ2n) is 3.83. The van der Waals surface area contributed by atoms with Crippen molar-refractivity contribution in [2.45, 2.75) is 26.8 Å². The molecule has 0 spiro atoms. The molecule has 7 nitrogen and oxygen atoms in total. The summed E-state index contributed by atoms with van der Waals surface area (Å²) in [5.41, 5.74) is 7.20. The summed E-state index contributed by atoms with van der Waals surface area (Å²) in [6.45, 7) is 4.66. The van der Waals surface area contributed by atoms with Gasteiger partial charge < -0.3 is 10.5 Å². The predicted molar refractivity (Wildman–Crippen MR) is 62.7 cm³/mol. The first kappa shape index (κ1) is 11.4. The maximum absolute atomic E-state index is 5.92. The number of rotatable bonds is 4. The monoisotopic (exact) mass is 236 g/mol. The number of aromatic nitrogens is 5. The summed E-state index contributed by atoms with van der Waals surface area (Å²) in [4.78, 5) is 4.00. The molecule has 0 bridgehead atoms. The van der Waals surface area contributed by atoms with Gasteiger partial charge in [0.15, 0.2) is 0 Å². The van der Waals surface area contributed by atoms with E-state index in [-0.39, 0.29) is 6.01 Å². The van der Waals surface area contributed by atoms with E-state index in [0.29, 0.717) is 11.6 Å². The van der Waals surface area contributed by atoms with Crippen LogP contribution in [-0.2, 0) is 13.6 Å². The Morgan fingerprint density at radius 2 is 2.18 bits per heavy atom. The molecule has 0 saturated carbocycles. The average Bonchev–Trinajstić information content (AvgIpc) is 2.79. The summed E-state index contributed by atoms with van der Waals surface area (Å²) in [5, 5.41) is 8.35. The number of ether oxygens (including phenoxy) is 1. The van der Waals surface area contributed by atoms with Crippen molar-refractivity contribution in [1.82, 2.24) is 24.5 Å². The molecule has 0 radical (unpaired) electrons. The third kappa shape index (κ3) is 2.22. The van der Waals surface area contributed by atoms with Crippen LogP contribution in [0.1, 0.15) is 19.0 Å². The fraction of sp³-hybridized carbons (Fsp3) is 0.500. The molecule has 0 fully saturated rings. The largest absolute Gasteiger partial charge is 0.402 e. The molecule has 92 valence electrons. The van der Waals surface area contributed by atoms with Crippen LogP contribution in [0.15, 0.2) is 6.33 Å². The van der Waals surface area contributed by atoms with Gasteiger partial charge in [0, 0.05) is 13.6 Å². The van der Waals surface area contributed by atoms with Gasteiger partial charge in [-0.3, -0.25) is 4.68 Å². The molecule has 2 N–H and O–H groups in total. The normalized spacial score (nSPS) is 10.8. The summed E-state index contributed by atoms with van der Waals surface area (Å²) in [6, 6.07) is 0.274. The number of nitrogens with two attached hydrogens (primary N) is 1. The van der Waals surface area contributed by atoms with Gasteiger partial charge in [-0.25, -0.2) is 4.68 Å². The lowest BCUT2D eigenvalue weighted by Crippen LogP contribution is -2.03. The number of anilines is 1. The van der Waals surface area contributed by atoms with E-state index >= 15 is 0 Å². The molecule has 0 aliphatic rings. The standard InChI is InChI=1S/C10H16N6O/c1-4-5-16-9(8(11)7(2)13-16)17-10-12-6-15(3)14-10/h6H,4-5,11H2,1-3H3. The van der Waals surface area contributed by atoms with Crippen LogP contribution in [0.2, 0.25) is 0 Å². The smallest absolute Gasteiger partial charge is 0.342 e. The van der Waals surface area contributed by atoms with E-state index in [1.807, 2.05) is 6.92 Å². The van der Waals surface area contributed by atoms with Crippen LogP contribution in [0.4, 0.5) is 5.69 Å². The molecule has 0 aromatic carbocycles.